The van der Waals surface area contributed by atoms with Gasteiger partial charge in [-0.1, -0.05) is 19.1 Å². The SMILES string of the molecule is CCCNCC1CCCc2sc(-c3cccc(O)c3)nc21. The first-order valence-electron chi connectivity index (χ1n) is 7.77. The lowest BCUT2D eigenvalue weighted by Gasteiger charge is -2.21. The van der Waals surface area contributed by atoms with Crippen LogP contribution in [0.25, 0.3) is 10.6 Å². The van der Waals surface area contributed by atoms with Crippen LogP contribution in [-0.4, -0.2) is 23.2 Å². The predicted octanol–water partition coefficient (Wildman–Crippen LogP) is 3.94. The molecule has 4 heteroatoms. The van der Waals surface area contributed by atoms with Crippen molar-refractivity contribution in [1.82, 2.24) is 10.3 Å². The van der Waals surface area contributed by atoms with Crippen LogP contribution in [0.1, 0.15) is 42.7 Å². The van der Waals surface area contributed by atoms with Gasteiger partial charge in [0.15, 0.2) is 0 Å². The van der Waals surface area contributed by atoms with E-state index in [0.29, 0.717) is 11.7 Å². The van der Waals surface area contributed by atoms with Gasteiger partial charge in [0, 0.05) is 22.9 Å². The average molecular weight is 302 g/mol. The van der Waals surface area contributed by atoms with Crippen LogP contribution < -0.4 is 5.32 Å². The maximum Gasteiger partial charge on any atom is 0.124 e. The van der Waals surface area contributed by atoms with E-state index in [-0.39, 0.29) is 0 Å². The first kappa shape index (κ1) is 14.5. The first-order chi connectivity index (χ1) is 10.3. The van der Waals surface area contributed by atoms with Crippen molar-refractivity contribution in [2.75, 3.05) is 13.1 Å². The number of nitrogens with zero attached hydrogens (tertiary/aromatic N) is 1. The van der Waals surface area contributed by atoms with Crippen molar-refractivity contribution in [1.29, 1.82) is 0 Å². The number of benzene rings is 1. The molecule has 21 heavy (non-hydrogen) atoms. The molecule has 2 N–H and O–H groups in total. The van der Waals surface area contributed by atoms with E-state index in [9.17, 15) is 5.11 Å². The molecule has 0 aliphatic heterocycles. The Morgan fingerprint density at radius 1 is 1.43 bits per heavy atom. The van der Waals surface area contributed by atoms with Crippen LogP contribution >= 0.6 is 11.3 Å². The number of fused-ring (bicyclic) bond motifs is 1. The van der Waals surface area contributed by atoms with Gasteiger partial charge in [-0.2, -0.15) is 0 Å². The van der Waals surface area contributed by atoms with Gasteiger partial charge in [0.25, 0.3) is 0 Å². The molecule has 0 radical (unpaired) electrons. The molecule has 1 aromatic heterocycles. The molecule has 1 aliphatic carbocycles. The van der Waals surface area contributed by atoms with E-state index in [1.54, 1.807) is 23.5 Å². The number of rotatable bonds is 5. The lowest BCUT2D eigenvalue weighted by Crippen LogP contribution is -2.24. The first-order valence-corrected chi connectivity index (χ1v) is 8.59. The zero-order valence-electron chi connectivity index (χ0n) is 12.4. The van der Waals surface area contributed by atoms with Crippen LogP contribution in [0.4, 0.5) is 0 Å². The molecule has 0 saturated heterocycles. The van der Waals surface area contributed by atoms with Gasteiger partial charge >= 0.3 is 0 Å². The highest BCUT2D eigenvalue weighted by Crippen LogP contribution is 2.38. The average Bonchev–Trinajstić information content (AvgIpc) is 2.92. The highest BCUT2D eigenvalue weighted by molar-refractivity contribution is 7.15. The van der Waals surface area contributed by atoms with E-state index in [4.69, 9.17) is 4.98 Å². The summed E-state index contributed by atoms with van der Waals surface area (Å²) in [5, 5.41) is 14.2. The van der Waals surface area contributed by atoms with Crippen LogP contribution in [0.5, 0.6) is 5.75 Å². The third-order valence-electron chi connectivity index (χ3n) is 3.98. The van der Waals surface area contributed by atoms with Crippen molar-refractivity contribution >= 4 is 11.3 Å². The molecule has 3 nitrogen and oxygen atoms in total. The maximum absolute atomic E-state index is 9.64. The van der Waals surface area contributed by atoms with Gasteiger partial charge in [-0.25, -0.2) is 4.98 Å². The van der Waals surface area contributed by atoms with Gasteiger partial charge in [0.05, 0.1) is 5.69 Å². The number of hydrogen-bond donors (Lipinski definition) is 2. The molecular weight excluding hydrogens is 280 g/mol. The topological polar surface area (TPSA) is 45.1 Å². The molecule has 112 valence electrons. The summed E-state index contributed by atoms with van der Waals surface area (Å²) in [5.74, 6) is 0.851. The Kier molecular flexibility index (Phi) is 4.56. The molecule has 3 rings (SSSR count). The van der Waals surface area contributed by atoms with Gasteiger partial charge in [0.2, 0.25) is 0 Å². The van der Waals surface area contributed by atoms with Crippen LogP contribution in [0.15, 0.2) is 24.3 Å². The summed E-state index contributed by atoms with van der Waals surface area (Å²) in [6.45, 7) is 4.31. The fourth-order valence-corrected chi connectivity index (χ4v) is 4.11. The zero-order valence-corrected chi connectivity index (χ0v) is 13.2. The van der Waals surface area contributed by atoms with Crippen LogP contribution in [-0.2, 0) is 6.42 Å². The summed E-state index contributed by atoms with van der Waals surface area (Å²) < 4.78 is 0. The largest absolute Gasteiger partial charge is 0.508 e. The van der Waals surface area contributed by atoms with Crippen molar-refractivity contribution in [3.63, 3.8) is 0 Å². The molecule has 1 unspecified atom stereocenters. The third-order valence-corrected chi connectivity index (χ3v) is 5.16. The number of aromatic nitrogens is 1. The second-order valence-electron chi connectivity index (χ2n) is 5.67. The quantitative estimate of drug-likeness (QED) is 0.822. The van der Waals surface area contributed by atoms with Crippen LogP contribution in [0.2, 0.25) is 0 Å². The van der Waals surface area contributed by atoms with E-state index < -0.39 is 0 Å². The van der Waals surface area contributed by atoms with Crippen LogP contribution in [0, 0.1) is 0 Å². The Balaban J connectivity index is 1.83. The van der Waals surface area contributed by atoms with E-state index >= 15 is 0 Å². The van der Waals surface area contributed by atoms with Crippen molar-refractivity contribution < 1.29 is 5.11 Å². The summed E-state index contributed by atoms with van der Waals surface area (Å²) in [5.41, 5.74) is 2.31. The highest BCUT2D eigenvalue weighted by atomic mass is 32.1. The van der Waals surface area contributed by atoms with Crippen molar-refractivity contribution in [2.45, 2.75) is 38.5 Å². The monoisotopic (exact) mass is 302 g/mol. The van der Waals surface area contributed by atoms with Gasteiger partial charge in [-0.3, -0.25) is 0 Å². The maximum atomic E-state index is 9.64. The summed E-state index contributed by atoms with van der Waals surface area (Å²) in [6, 6.07) is 7.41. The van der Waals surface area contributed by atoms with Gasteiger partial charge < -0.3 is 10.4 Å². The number of hydrogen-bond acceptors (Lipinski definition) is 4. The Morgan fingerprint density at radius 3 is 3.14 bits per heavy atom. The summed E-state index contributed by atoms with van der Waals surface area (Å²) in [7, 11) is 0. The fraction of sp³-hybridized carbons (Fsp3) is 0.471. The molecule has 0 spiro atoms. The number of phenolic OH excluding ortho intramolecular Hbond substituents is 1. The molecule has 1 atom stereocenters. The third kappa shape index (κ3) is 3.27. The predicted molar refractivity (Wildman–Crippen MR) is 88.1 cm³/mol. The number of aryl methyl sites for hydroxylation is 1. The van der Waals surface area contributed by atoms with Crippen molar-refractivity contribution in [3.05, 3.63) is 34.8 Å². The minimum atomic E-state index is 0.307. The number of phenols is 1. The molecule has 0 fully saturated rings. The van der Waals surface area contributed by atoms with Crippen molar-refractivity contribution in [3.8, 4) is 16.3 Å². The van der Waals surface area contributed by atoms with Gasteiger partial charge in [-0.05, 0) is 44.4 Å². The lowest BCUT2D eigenvalue weighted by molar-refractivity contribution is 0.475. The molecule has 1 aliphatic rings. The molecule has 0 amide bonds. The van der Waals surface area contributed by atoms with E-state index in [1.807, 2.05) is 12.1 Å². The number of thiazole rings is 1. The normalized spacial score (nSPS) is 17.7. The molecule has 0 saturated carbocycles. The van der Waals surface area contributed by atoms with Gasteiger partial charge in [0.1, 0.15) is 10.8 Å². The fourth-order valence-electron chi connectivity index (χ4n) is 2.92. The van der Waals surface area contributed by atoms with E-state index in [2.05, 4.69) is 12.2 Å². The summed E-state index contributed by atoms with van der Waals surface area (Å²) >= 11 is 1.79. The van der Waals surface area contributed by atoms with Gasteiger partial charge in [-0.15, -0.1) is 11.3 Å². The second-order valence-corrected chi connectivity index (χ2v) is 6.75. The number of aromatic hydroxyl groups is 1. The molecule has 1 heterocycles. The molecule has 2 aromatic rings. The molecule has 1 aromatic carbocycles. The number of nitrogens with one attached hydrogen (secondary N) is 1. The van der Waals surface area contributed by atoms with Crippen LogP contribution in [0.3, 0.4) is 0 Å². The highest BCUT2D eigenvalue weighted by Gasteiger charge is 2.24. The Hall–Kier alpha value is -1.39. The van der Waals surface area contributed by atoms with E-state index in [1.165, 1.54) is 29.8 Å². The summed E-state index contributed by atoms with van der Waals surface area (Å²) in [4.78, 5) is 6.32. The lowest BCUT2D eigenvalue weighted by atomic mass is 9.91. The molecule has 0 bridgehead atoms. The summed E-state index contributed by atoms with van der Waals surface area (Å²) in [6.07, 6.45) is 4.81. The second kappa shape index (κ2) is 6.58. The Labute approximate surface area is 130 Å². The standard InChI is InChI=1S/C17H22N2OS/c1-2-9-18-11-13-6-4-8-15-16(13)19-17(21-15)12-5-3-7-14(20)10-12/h3,5,7,10,13,18,20H,2,4,6,8-9,11H2,1H3. The Morgan fingerprint density at radius 2 is 2.33 bits per heavy atom. The minimum absolute atomic E-state index is 0.307. The van der Waals surface area contributed by atoms with E-state index in [0.717, 1.165) is 30.1 Å². The Bertz CT molecular complexity index is 609. The molecular formula is C17H22N2OS. The zero-order chi connectivity index (χ0) is 14.7. The minimum Gasteiger partial charge on any atom is -0.508 e. The smallest absolute Gasteiger partial charge is 0.124 e. The van der Waals surface area contributed by atoms with Crippen molar-refractivity contribution in [2.24, 2.45) is 0 Å².